The van der Waals surface area contributed by atoms with Gasteiger partial charge >= 0.3 is 0 Å². The summed E-state index contributed by atoms with van der Waals surface area (Å²) in [5.41, 5.74) is 10.1. The Morgan fingerprint density at radius 1 is 1.21 bits per heavy atom. The first-order chi connectivity index (χ1) is 6.65. The Hall–Kier alpha value is -1.06. The first-order valence-electron chi connectivity index (χ1n) is 4.77. The third-order valence-corrected chi connectivity index (χ3v) is 2.66. The molecule has 0 aliphatic heterocycles. The van der Waals surface area contributed by atoms with Crippen molar-refractivity contribution in [3.05, 3.63) is 28.3 Å². The third kappa shape index (κ3) is 1.74. The van der Waals surface area contributed by atoms with E-state index in [-0.39, 0.29) is 13.2 Å². The summed E-state index contributed by atoms with van der Waals surface area (Å²) >= 11 is 0. The molecule has 0 saturated heterocycles. The molecule has 0 amide bonds. The lowest BCUT2D eigenvalue weighted by Gasteiger charge is -2.15. The molecule has 3 heteroatoms. The fourth-order valence-electron chi connectivity index (χ4n) is 1.77. The molecule has 0 bridgehead atoms. The first kappa shape index (κ1) is 11.0. The van der Waals surface area contributed by atoms with E-state index >= 15 is 0 Å². The number of rotatable bonds is 3. The van der Waals surface area contributed by atoms with Crippen molar-refractivity contribution in [2.75, 3.05) is 5.73 Å². The molecular weight excluding hydrogens is 178 g/mol. The van der Waals surface area contributed by atoms with E-state index in [1.54, 1.807) is 6.07 Å². The van der Waals surface area contributed by atoms with E-state index in [9.17, 15) is 5.11 Å². The third-order valence-electron chi connectivity index (χ3n) is 2.66. The van der Waals surface area contributed by atoms with Crippen LogP contribution < -0.4 is 5.73 Å². The quantitative estimate of drug-likeness (QED) is 0.633. The predicted octanol–water partition coefficient (Wildman–Crippen LogP) is 1.12. The molecule has 0 saturated carbocycles. The van der Waals surface area contributed by atoms with Crippen molar-refractivity contribution in [2.24, 2.45) is 0 Å². The van der Waals surface area contributed by atoms with Crippen molar-refractivity contribution in [1.82, 2.24) is 0 Å². The second kappa shape index (κ2) is 4.44. The Labute approximate surface area is 84.2 Å². The maximum atomic E-state index is 9.24. The molecule has 1 aromatic carbocycles. The summed E-state index contributed by atoms with van der Waals surface area (Å²) in [5, 5.41) is 18.3. The average Bonchev–Trinajstić information content (AvgIpc) is 2.20. The molecule has 0 aromatic heterocycles. The molecule has 0 spiro atoms. The molecular formula is C11H17NO2. The van der Waals surface area contributed by atoms with Gasteiger partial charge in [0.15, 0.2) is 0 Å². The van der Waals surface area contributed by atoms with E-state index in [0.29, 0.717) is 5.69 Å². The van der Waals surface area contributed by atoms with Gasteiger partial charge in [-0.05, 0) is 41.7 Å². The number of benzene rings is 1. The predicted molar refractivity (Wildman–Crippen MR) is 56.8 cm³/mol. The molecule has 0 heterocycles. The van der Waals surface area contributed by atoms with Crippen molar-refractivity contribution in [1.29, 1.82) is 0 Å². The Bertz CT molecular complexity index is 335. The van der Waals surface area contributed by atoms with Gasteiger partial charge in [0.05, 0.1) is 13.2 Å². The summed E-state index contributed by atoms with van der Waals surface area (Å²) in [7, 11) is 0. The fraction of sp³-hybridized carbons (Fsp3) is 0.455. The normalized spacial score (nSPS) is 10.6. The molecule has 78 valence electrons. The smallest absolute Gasteiger partial charge is 0.0687 e. The highest BCUT2D eigenvalue weighted by molar-refractivity contribution is 5.56. The molecule has 3 nitrogen and oxygen atoms in total. The van der Waals surface area contributed by atoms with Gasteiger partial charge in [0.1, 0.15) is 0 Å². The van der Waals surface area contributed by atoms with Crippen molar-refractivity contribution in [3.8, 4) is 0 Å². The minimum Gasteiger partial charge on any atom is -0.398 e. The Morgan fingerprint density at radius 3 is 2.29 bits per heavy atom. The van der Waals surface area contributed by atoms with Crippen LogP contribution in [-0.2, 0) is 19.6 Å². The minimum absolute atomic E-state index is 0.0208. The molecule has 0 radical (unpaired) electrons. The monoisotopic (exact) mass is 195 g/mol. The maximum absolute atomic E-state index is 9.24. The molecule has 14 heavy (non-hydrogen) atoms. The van der Waals surface area contributed by atoms with Crippen LogP contribution in [0.15, 0.2) is 6.07 Å². The number of hydrogen-bond donors (Lipinski definition) is 3. The van der Waals surface area contributed by atoms with Crippen molar-refractivity contribution in [2.45, 2.75) is 33.5 Å². The van der Waals surface area contributed by atoms with Crippen LogP contribution in [0.2, 0.25) is 0 Å². The van der Waals surface area contributed by atoms with Crippen LogP contribution in [0.5, 0.6) is 0 Å². The van der Waals surface area contributed by atoms with Crippen LogP contribution >= 0.6 is 0 Å². The summed E-state index contributed by atoms with van der Waals surface area (Å²) in [6.45, 7) is 3.85. The number of aliphatic hydroxyl groups is 2. The van der Waals surface area contributed by atoms with E-state index in [0.717, 1.165) is 28.7 Å². The largest absolute Gasteiger partial charge is 0.398 e. The Kier molecular flexibility index (Phi) is 3.49. The fourth-order valence-corrected chi connectivity index (χ4v) is 1.77. The summed E-state index contributed by atoms with van der Waals surface area (Å²) in [5.74, 6) is 0. The standard InChI is InChI=1S/C11H17NO2/c1-3-9-10(6-14)7(2)8(5-13)4-11(9)12/h4,13-14H,3,5-6,12H2,1-2H3. The molecule has 4 N–H and O–H groups in total. The Morgan fingerprint density at radius 2 is 1.86 bits per heavy atom. The van der Waals surface area contributed by atoms with E-state index in [2.05, 4.69) is 0 Å². The Balaban J connectivity index is 3.40. The minimum atomic E-state index is -0.0347. The number of anilines is 1. The van der Waals surface area contributed by atoms with Gasteiger partial charge in [-0.3, -0.25) is 0 Å². The zero-order chi connectivity index (χ0) is 10.7. The molecule has 0 aliphatic rings. The lowest BCUT2D eigenvalue weighted by molar-refractivity contribution is 0.273. The van der Waals surface area contributed by atoms with Crippen LogP contribution in [0.4, 0.5) is 5.69 Å². The lowest BCUT2D eigenvalue weighted by Crippen LogP contribution is -2.05. The number of hydrogen-bond acceptors (Lipinski definition) is 3. The second-order valence-corrected chi connectivity index (χ2v) is 3.38. The van der Waals surface area contributed by atoms with E-state index in [4.69, 9.17) is 10.8 Å². The van der Waals surface area contributed by atoms with Gasteiger partial charge in [-0.15, -0.1) is 0 Å². The first-order valence-corrected chi connectivity index (χ1v) is 4.77. The van der Waals surface area contributed by atoms with Gasteiger partial charge in [-0.1, -0.05) is 6.92 Å². The van der Waals surface area contributed by atoms with Crippen molar-refractivity contribution >= 4 is 5.69 Å². The van der Waals surface area contributed by atoms with Crippen molar-refractivity contribution in [3.63, 3.8) is 0 Å². The SMILES string of the molecule is CCc1c(N)cc(CO)c(C)c1CO. The molecule has 1 rings (SSSR count). The van der Waals surface area contributed by atoms with Gasteiger partial charge in [0, 0.05) is 5.69 Å². The second-order valence-electron chi connectivity index (χ2n) is 3.38. The summed E-state index contributed by atoms with van der Waals surface area (Å²) < 4.78 is 0. The number of nitrogens with two attached hydrogens (primary N) is 1. The molecule has 1 aromatic rings. The van der Waals surface area contributed by atoms with Crippen LogP contribution in [-0.4, -0.2) is 10.2 Å². The van der Waals surface area contributed by atoms with Crippen LogP contribution in [0.1, 0.15) is 29.2 Å². The topological polar surface area (TPSA) is 66.5 Å². The number of aliphatic hydroxyl groups excluding tert-OH is 2. The van der Waals surface area contributed by atoms with Gasteiger partial charge in [0.2, 0.25) is 0 Å². The highest BCUT2D eigenvalue weighted by Gasteiger charge is 2.11. The lowest BCUT2D eigenvalue weighted by atomic mass is 9.94. The van der Waals surface area contributed by atoms with Gasteiger partial charge in [0.25, 0.3) is 0 Å². The summed E-state index contributed by atoms with van der Waals surface area (Å²) in [6, 6.07) is 1.79. The van der Waals surface area contributed by atoms with Gasteiger partial charge in [-0.25, -0.2) is 0 Å². The maximum Gasteiger partial charge on any atom is 0.0687 e. The molecule has 0 atom stereocenters. The van der Waals surface area contributed by atoms with E-state index < -0.39 is 0 Å². The van der Waals surface area contributed by atoms with Gasteiger partial charge in [-0.2, -0.15) is 0 Å². The van der Waals surface area contributed by atoms with Crippen LogP contribution in [0, 0.1) is 6.92 Å². The summed E-state index contributed by atoms with van der Waals surface area (Å²) in [4.78, 5) is 0. The zero-order valence-electron chi connectivity index (χ0n) is 8.67. The highest BCUT2D eigenvalue weighted by atomic mass is 16.3. The molecule has 0 fully saturated rings. The van der Waals surface area contributed by atoms with Gasteiger partial charge < -0.3 is 15.9 Å². The van der Waals surface area contributed by atoms with Crippen LogP contribution in [0.3, 0.4) is 0 Å². The van der Waals surface area contributed by atoms with Crippen molar-refractivity contribution < 1.29 is 10.2 Å². The van der Waals surface area contributed by atoms with Crippen LogP contribution in [0.25, 0.3) is 0 Å². The molecule has 0 aliphatic carbocycles. The number of nitrogen functional groups attached to an aromatic ring is 1. The molecule has 0 unspecified atom stereocenters. The summed E-state index contributed by atoms with van der Waals surface area (Å²) in [6.07, 6.45) is 0.800. The van der Waals surface area contributed by atoms with E-state index in [1.165, 1.54) is 0 Å². The average molecular weight is 195 g/mol. The highest BCUT2D eigenvalue weighted by Crippen LogP contribution is 2.25. The zero-order valence-corrected chi connectivity index (χ0v) is 8.67. The van der Waals surface area contributed by atoms with E-state index in [1.807, 2.05) is 13.8 Å².